The van der Waals surface area contributed by atoms with Gasteiger partial charge in [-0.25, -0.2) is 4.39 Å². The van der Waals surface area contributed by atoms with Crippen LogP contribution in [-0.2, 0) is 16.0 Å². The second-order valence-electron chi connectivity index (χ2n) is 8.05. The fourth-order valence-corrected chi connectivity index (χ4v) is 4.27. The number of hydrogen-bond donors (Lipinski definition) is 1. The first-order valence-corrected chi connectivity index (χ1v) is 9.82. The van der Waals surface area contributed by atoms with Crippen molar-refractivity contribution in [3.8, 4) is 5.75 Å². The van der Waals surface area contributed by atoms with E-state index in [9.17, 15) is 14.0 Å². The number of hydrogen-bond acceptors (Lipinski definition) is 3. The lowest BCUT2D eigenvalue weighted by molar-refractivity contribution is -0.133. The van der Waals surface area contributed by atoms with Gasteiger partial charge in [-0.1, -0.05) is 13.0 Å². The summed E-state index contributed by atoms with van der Waals surface area (Å²) in [7, 11) is 1.50. The number of benzene rings is 1. The number of nitrogens with one attached hydrogen (secondary N) is 1. The fourth-order valence-electron chi connectivity index (χ4n) is 4.27. The molecule has 2 amide bonds. The highest BCUT2D eigenvalue weighted by Gasteiger charge is 2.39. The van der Waals surface area contributed by atoms with Gasteiger partial charge in [0.25, 0.3) is 0 Å². The van der Waals surface area contributed by atoms with Crippen molar-refractivity contribution in [1.29, 1.82) is 0 Å². The molecule has 2 atom stereocenters. The number of nitrogens with zero attached hydrogens (tertiary/aromatic N) is 1. The normalized spacial score (nSPS) is 25.4. The topological polar surface area (TPSA) is 58.6 Å². The molecule has 2 fully saturated rings. The van der Waals surface area contributed by atoms with Crippen molar-refractivity contribution in [3.63, 3.8) is 0 Å². The van der Waals surface area contributed by atoms with E-state index in [4.69, 9.17) is 4.74 Å². The number of halogens is 1. The third-order valence-electron chi connectivity index (χ3n) is 5.85. The van der Waals surface area contributed by atoms with Crippen LogP contribution >= 0.6 is 0 Å². The predicted molar refractivity (Wildman–Crippen MR) is 101 cm³/mol. The molecule has 0 radical (unpaired) electrons. The lowest BCUT2D eigenvalue weighted by Crippen LogP contribution is -2.46. The van der Waals surface area contributed by atoms with Crippen LogP contribution in [0.25, 0.3) is 0 Å². The van der Waals surface area contributed by atoms with Gasteiger partial charge in [0.05, 0.1) is 7.11 Å². The molecule has 2 heterocycles. The molecule has 0 aromatic heterocycles. The van der Waals surface area contributed by atoms with E-state index in [1.54, 1.807) is 12.1 Å². The van der Waals surface area contributed by atoms with Crippen LogP contribution in [0.4, 0.5) is 4.39 Å². The van der Waals surface area contributed by atoms with Crippen molar-refractivity contribution in [1.82, 2.24) is 10.2 Å². The SMILES string of the molecule is COc1ccc(C[C@@]2(CCC(=O)N3CCC[C@H](C)C3)CCC(=O)N2)c(F)c1. The molecular formula is C21H29FN2O3. The number of likely N-dealkylation sites (tertiary alicyclic amines) is 1. The lowest BCUT2D eigenvalue weighted by atomic mass is 9.84. The molecule has 2 saturated heterocycles. The monoisotopic (exact) mass is 376 g/mol. The minimum Gasteiger partial charge on any atom is -0.497 e. The first-order valence-electron chi connectivity index (χ1n) is 9.82. The molecule has 0 aliphatic carbocycles. The largest absolute Gasteiger partial charge is 0.497 e. The minimum absolute atomic E-state index is 0.0250. The molecule has 0 unspecified atom stereocenters. The van der Waals surface area contributed by atoms with E-state index < -0.39 is 5.54 Å². The molecule has 1 aromatic rings. The quantitative estimate of drug-likeness (QED) is 0.830. The molecule has 0 bridgehead atoms. The second-order valence-corrected chi connectivity index (χ2v) is 8.05. The summed E-state index contributed by atoms with van der Waals surface area (Å²) in [5.74, 6) is 0.776. The van der Waals surface area contributed by atoms with Crippen LogP contribution < -0.4 is 10.1 Å². The van der Waals surface area contributed by atoms with Gasteiger partial charge >= 0.3 is 0 Å². The average molecular weight is 376 g/mol. The minimum atomic E-state index is -0.552. The number of carbonyl (C=O) groups is 2. The standard InChI is InChI=1S/C21H29FN2O3/c1-15-4-3-11-24(14-15)20(26)8-10-21(9-7-19(25)23-21)13-16-5-6-17(27-2)12-18(16)22/h5-6,12,15H,3-4,7-11,13-14H2,1-2H3,(H,23,25)/t15-,21-/m0/s1. The number of carbonyl (C=O) groups excluding carboxylic acids is 2. The number of piperidine rings is 1. The van der Waals surface area contributed by atoms with Gasteiger partial charge < -0.3 is 15.0 Å². The Morgan fingerprint density at radius 3 is 2.89 bits per heavy atom. The molecule has 0 spiro atoms. The number of ether oxygens (including phenoxy) is 1. The molecule has 2 aliphatic heterocycles. The van der Waals surface area contributed by atoms with Crippen LogP contribution in [0.1, 0.15) is 51.0 Å². The van der Waals surface area contributed by atoms with Crippen LogP contribution in [-0.4, -0.2) is 42.5 Å². The zero-order chi connectivity index (χ0) is 19.4. The van der Waals surface area contributed by atoms with Crippen molar-refractivity contribution < 1.29 is 18.7 Å². The van der Waals surface area contributed by atoms with Gasteiger partial charge in [-0.3, -0.25) is 9.59 Å². The van der Waals surface area contributed by atoms with E-state index in [1.807, 2.05) is 4.90 Å². The van der Waals surface area contributed by atoms with Gasteiger partial charge in [0.15, 0.2) is 0 Å². The van der Waals surface area contributed by atoms with Crippen LogP contribution in [0.5, 0.6) is 5.75 Å². The summed E-state index contributed by atoms with van der Waals surface area (Å²) in [5.41, 5.74) is -0.0131. The Morgan fingerprint density at radius 2 is 2.26 bits per heavy atom. The first-order chi connectivity index (χ1) is 12.9. The highest BCUT2D eigenvalue weighted by Crippen LogP contribution is 2.32. The van der Waals surface area contributed by atoms with E-state index in [1.165, 1.54) is 19.6 Å². The number of amides is 2. The molecule has 1 aromatic carbocycles. The molecule has 27 heavy (non-hydrogen) atoms. The highest BCUT2D eigenvalue weighted by molar-refractivity contribution is 5.80. The van der Waals surface area contributed by atoms with E-state index in [0.29, 0.717) is 49.3 Å². The molecule has 148 valence electrons. The maximum absolute atomic E-state index is 14.4. The Morgan fingerprint density at radius 1 is 1.44 bits per heavy atom. The Bertz CT molecular complexity index is 709. The van der Waals surface area contributed by atoms with Crippen LogP contribution in [0.2, 0.25) is 0 Å². The van der Waals surface area contributed by atoms with Gasteiger partial charge in [-0.2, -0.15) is 0 Å². The summed E-state index contributed by atoms with van der Waals surface area (Å²) < 4.78 is 19.5. The molecule has 6 heteroatoms. The van der Waals surface area contributed by atoms with Crippen molar-refractivity contribution in [3.05, 3.63) is 29.6 Å². The molecule has 3 rings (SSSR count). The highest BCUT2D eigenvalue weighted by atomic mass is 19.1. The Kier molecular flexibility index (Phi) is 6.02. The Labute approximate surface area is 160 Å². The van der Waals surface area contributed by atoms with Crippen molar-refractivity contribution in [2.45, 2.75) is 57.4 Å². The van der Waals surface area contributed by atoms with E-state index in [-0.39, 0.29) is 17.6 Å². The zero-order valence-corrected chi connectivity index (χ0v) is 16.2. The summed E-state index contributed by atoms with van der Waals surface area (Å²) in [6, 6.07) is 4.79. The number of rotatable bonds is 6. The van der Waals surface area contributed by atoms with E-state index in [0.717, 1.165) is 19.5 Å². The molecule has 2 aliphatic rings. The second kappa shape index (κ2) is 8.28. The van der Waals surface area contributed by atoms with Crippen LogP contribution in [0.15, 0.2) is 18.2 Å². The first kappa shape index (κ1) is 19.6. The summed E-state index contributed by atoms with van der Waals surface area (Å²) in [5, 5.41) is 3.03. The van der Waals surface area contributed by atoms with Gasteiger partial charge in [0.1, 0.15) is 11.6 Å². The zero-order valence-electron chi connectivity index (χ0n) is 16.2. The number of methoxy groups -OCH3 is 1. The van der Waals surface area contributed by atoms with Crippen LogP contribution in [0, 0.1) is 11.7 Å². The van der Waals surface area contributed by atoms with E-state index >= 15 is 0 Å². The van der Waals surface area contributed by atoms with E-state index in [2.05, 4.69) is 12.2 Å². The third kappa shape index (κ3) is 4.79. The van der Waals surface area contributed by atoms with Crippen molar-refractivity contribution >= 4 is 11.8 Å². The molecule has 0 saturated carbocycles. The third-order valence-corrected chi connectivity index (χ3v) is 5.85. The van der Waals surface area contributed by atoms with Gasteiger partial charge in [-0.05, 0) is 49.7 Å². The predicted octanol–water partition coefficient (Wildman–Crippen LogP) is 3.06. The Balaban J connectivity index is 1.68. The van der Waals surface area contributed by atoms with Gasteiger partial charge in [-0.15, -0.1) is 0 Å². The van der Waals surface area contributed by atoms with Crippen molar-refractivity contribution in [2.24, 2.45) is 5.92 Å². The molecule has 1 N–H and O–H groups in total. The molecular weight excluding hydrogens is 347 g/mol. The molecule has 5 nitrogen and oxygen atoms in total. The summed E-state index contributed by atoms with van der Waals surface area (Å²) in [6.07, 6.45) is 4.57. The maximum Gasteiger partial charge on any atom is 0.222 e. The van der Waals surface area contributed by atoms with Crippen molar-refractivity contribution in [2.75, 3.05) is 20.2 Å². The summed E-state index contributed by atoms with van der Waals surface area (Å²) in [6.45, 7) is 3.80. The van der Waals surface area contributed by atoms with Gasteiger partial charge in [0, 0.05) is 37.5 Å². The lowest BCUT2D eigenvalue weighted by Gasteiger charge is -2.33. The fraction of sp³-hybridized carbons (Fsp3) is 0.619. The maximum atomic E-state index is 14.4. The Hall–Kier alpha value is -2.11. The smallest absolute Gasteiger partial charge is 0.222 e. The summed E-state index contributed by atoms with van der Waals surface area (Å²) >= 11 is 0. The summed E-state index contributed by atoms with van der Waals surface area (Å²) in [4.78, 5) is 26.5. The van der Waals surface area contributed by atoms with Gasteiger partial charge in [0.2, 0.25) is 11.8 Å². The average Bonchev–Trinajstić information content (AvgIpc) is 3.02. The van der Waals surface area contributed by atoms with Crippen LogP contribution in [0.3, 0.4) is 0 Å².